The number of unbranched alkanes of at least 4 members (excludes halogenated alkanes) is 2. The first-order valence-corrected chi connectivity index (χ1v) is 6.15. The molecule has 2 unspecified atom stereocenters. The van der Waals surface area contributed by atoms with Crippen LogP contribution in [0.2, 0.25) is 0 Å². The molecule has 2 N–H and O–H groups in total. The Labute approximate surface area is 107 Å². The lowest BCUT2D eigenvalue weighted by molar-refractivity contribution is -0.199. The number of rotatable bonds is 8. The van der Waals surface area contributed by atoms with Crippen molar-refractivity contribution >= 4 is 11.9 Å². The summed E-state index contributed by atoms with van der Waals surface area (Å²) in [6, 6.07) is 0. The second kappa shape index (κ2) is 8.88. The van der Waals surface area contributed by atoms with Crippen LogP contribution in [0.1, 0.15) is 46.5 Å². The van der Waals surface area contributed by atoms with Gasteiger partial charge in [0.25, 0.3) is 0 Å². The lowest BCUT2D eigenvalue weighted by Crippen LogP contribution is -2.32. The van der Waals surface area contributed by atoms with Crippen LogP contribution in [0.25, 0.3) is 0 Å². The summed E-state index contributed by atoms with van der Waals surface area (Å²) in [5, 5.41) is 18.0. The molecule has 0 fully saturated rings. The SMILES string of the molecule is CCCCCC(OC(=O)C(C)O)OC(=O)C(C)O. The molecular formula is C12H22O6. The molecule has 0 aromatic rings. The van der Waals surface area contributed by atoms with Crippen LogP contribution in [0.4, 0.5) is 0 Å². The van der Waals surface area contributed by atoms with Gasteiger partial charge in [-0.15, -0.1) is 0 Å². The maximum Gasteiger partial charge on any atom is 0.337 e. The number of ether oxygens (including phenoxy) is 2. The minimum absolute atomic E-state index is 0.352. The smallest absolute Gasteiger partial charge is 0.337 e. The Kier molecular flexibility index (Phi) is 8.32. The van der Waals surface area contributed by atoms with Gasteiger partial charge >= 0.3 is 11.9 Å². The number of carbonyl (C=O) groups excluding carboxylic acids is 2. The molecule has 0 heterocycles. The molecule has 0 spiro atoms. The van der Waals surface area contributed by atoms with Crippen LogP contribution in [0.5, 0.6) is 0 Å². The van der Waals surface area contributed by atoms with E-state index in [1.54, 1.807) is 0 Å². The fourth-order valence-corrected chi connectivity index (χ4v) is 1.16. The maximum atomic E-state index is 11.2. The van der Waals surface area contributed by atoms with E-state index in [9.17, 15) is 9.59 Å². The van der Waals surface area contributed by atoms with Gasteiger partial charge < -0.3 is 19.7 Å². The van der Waals surface area contributed by atoms with Crippen molar-refractivity contribution in [2.45, 2.75) is 65.0 Å². The van der Waals surface area contributed by atoms with Crippen LogP contribution in [0, 0.1) is 0 Å². The molecule has 0 aromatic carbocycles. The average molecular weight is 262 g/mol. The third-order valence-corrected chi connectivity index (χ3v) is 2.22. The highest BCUT2D eigenvalue weighted by Crippen LogP contribution is 2.10. The van der Waals surface area contributed by atoms with Crippen LogP contribution in [0.3, 0.4) is 0 Å². The lowest BCUT2D eigenvalue weighted by Gasteiger charge is -2.19. The van der Waals surface area contributed by atoms with Gasteiger partial charge in [0, 0.05) is 6.42 Å². The molecule has 0 rings (SSSR count). The first-order valence-electron chi connectivity index (χ1n) is 6.15. The largest absolute Gasteiger partial charge is 0.423 e. The molecular weight excluding hydrogens is 240 g/mol. The summed E-state index contributed by atoms with van der Waals surface area (Å²) in [6.07, 6.45) is -0.642. The number of aliphatic hydroxyl groups is 2. The van der Waals surface area contributed by atoms with Crippen molar-refractivity contribution < 1.29 is 29.3 Å². The van der Waals surface area contributed by atoms with Crippen LogP contribution in [-0.2, 0) is 19.1 Å². The Morgan fingerprint density at radius 1 is 1.00 bits per heavy atom. The summed E-state index contributed by atoms with van der Waals surface area (Å²) < 4.78 is 9.67. The lowest BCUT2D eigenvalue weighted by atomic mass is 10.2. The molecule has 18 heavy (non-hydrogen) atoms. The van der Waals surface area contributed by atoms with Crippen LogP contribution < -0.4 is 0 Å². The summed E-state index contributed by atoms with van der Waals surface area (Å²) in [4.78, 5) is 22.4. The number of hydrogen-bond donors (Lipinski definition) is 2. The van der Waals surface area contributed by atoms with E-state index in [0.717, 1.165) is 19.3 Å². The Hall–Kier alpha value is -1.14. The predicted molar refractivity (Wildman–Crippen MR) is 63.5 cm³/mol. The molecule has 0 saturated carbocycles. The summed E-state index contributed by atoms with van der Waals surface area (Å²) in [5.74, 6) is -1.70. The number of aliphatic hydroxyl groups excluding tert-OH is 2. The molecule has 6 heteroatoms. The van der Waals surface area contributed by atoms with Crippen molar-refractivity contribution in [3.63, 3.8) is 0 Å². The van der Waals surface area contributed by atoms with Gasteiger partial charge in [0.05, 0.1) is 0 Å². The second-order valence-corrected chi connectivity index (χ2v) is 4.15. The molecule has 2 atom stereocenters. The Balaban J connectivity index is 4.32. The predicted octanol–water partition coefficient (Wildman–Crippen LogP) is 0.741. The minimum atomic E-state index is -1.27. The van der Waals surface area contributed by atoms with E-state index in [0.29, 0.717) is 6.42 Å². The van der Waals surface area contributed by atoms with E-state index >= 15 is 0 Å². The maximum absolute atomic E-state index is 11.2. The molecule has 0 aliphatic carbocycles. The third-order valence-electron chi connectivity index (χ3n) is 2.22. The van der Waals surface area contributed by atoms with E-state index < -0.39 is 30.4 Å². The highest BCUT2D eigenvalue weighted by Gasteiger charge is 2.23. The first kappa shape index (κ1) is 16.9. The standard InChI is InChI=1S/C12H22O6/c1-4-5-6-7-10(17-11(15)8(2)13)18-12(16)9(3)14/h8-10,13-14H,4-7H2,1-3H3. The van der Waals surface area contributed by atoms with Gasteiger partial charge in [-0.2, -0.15) is 0 Å². The highest BCUT2D eigenvalue weighted by molar-refractivity contribution is 5.75. The normalized spacial score (nSPS) is 15.6. The monoisotopic (exact) mass is 262 g/mol. The molecule has 0 amide bonds. The molecule has 0 bridgehead atoms. The zero-order valence-corrected chi connectivity index (χ0v) is 11.1. The molecule has 106 valence electrons. The van der Waals surface area contributed by atoms with Crippen molar-refractivity contribution in [2.24, 2.45) is 0 Å². The quantitative estimate of drug-likeness (QED) is 0.381. The molecule has 0 aliphatic heterocycles. The topological polar surface area (TPSA) is 93.1 Å². The molecule has 0 radical (unpaired) electrons. The molecule has 0 saturated heterocycles. The fourth-order valence-electron chi connectivity index (χ4n) is 1.16. The summed E-state index contributed by atoms with van der Waals surface area (Å²) in [7, 11) is 0. The van der Waals surface area contributed by atoms with Crippen molar-refractivity contribution in [3.8, 4) is 0 Å². The number of carbonyl (C=O) groups is 2. The van der Waals surface area contributed by atoms with Gasteiger partial charge in [-0.05, 0) is 20.3 Å². The second-order valence-electron chi connectivity index (χ2n) is 4.15. The zero-order chi connectivity index (χ0) is 14.1. The Morgan fingerprint density at radius 2 is 1.44 bits per heavy atom. The van der Waals surface area contributed by atoms with Crippen molar-refractivity contribution in [1.82, 2.24) is 0 Å². The molecule has 0 aromatic heterocycles. The number of esters is 2. The Morgan fingerprint density at radius 3 is 1.78 bits per heavy atom. The van der Waals surface area contributed by atoms with Crippen molar-refractivity contribution in [1.29, 1.82) is 0 Å². The van der Waals surface area contributed by atoms with Gasteiger partial charge in [-0.1, -0.05) is 19.8 Å². The first-order chi connectivity index (χ1) is 8.38. The zero-order valence-electron chi connectivity index (χ0n) is 11.1. The van der Waals surface area contributed by atoms with E-state index in [4.69, 9.17) is 19.7 Å². The van der Waals surface area contributed by atoms with E-state index in [1.807, 2.05) is 6.92 Å². The average Bonchev–Trinajstić information content (AvgIpc) is 2.28. The summed E-state index contributed by atoms with van der Waals surface area (Å²) >= 11 is 0. The van der Waals surface area contributed by atoms with Gasteiger partial charge in [0.2, 0.25) is 6.29 Å². The van der Waals surface area contributed by atoms with Crippen LogP contribution in [-0.4, -0.2) is 40.6 Å². The van der Waals surface area contributed by atoms with E-state index in [1.165, 1.54) is 13.8 Å². The van der Waals surface area contributed by atoms with Crippen LogP contribution in [0.15, 0.2) is 0 Å². The molecule has 6 nitrogen and oxygen atoms in total. The van der Waals surface area contributed by atoms with Crippen molar-refractivity contribution in [3.05, 3.63) is 0 Å². The van der Waals surface area contributed by atoms with Gasteiger partial charge in [0.1, 0.15) is 12.2 Å². The summed E-state index contributed by atoms with van der Waals surface area (Å²) in [5.41, 5.74) is 0. The van der Waals surface area contributed by atoms with Gasteiger partial charge in [-0.3, -0.25) is 0 Å². The summed E-state index contributed by atoms with van der Waals surface area (Å²) in [6.45, 7) is 4.54. The van der Waals surface area contributed by atoms with Crippen molar-refractivity contribution in [2.75, 3.05) is 0 Å². The van der Waals surface area contributed by atoms with E-state index in [-0.39, 0.29) is 0 Å². The number of hydrogen-bond acceptors (Lipinski definition) is 6. The van der Waals surface area contributed by atoms with Gasteiger partial charge in [0.15, 0.2) is 0 Å². The molecule has 0 aliphatic rings. The third kappa shape index (κ3) is 7.24. The highest BCUT2D eigenvalue weighted by atomic mass is 16.7. The Bertz CT molecular complexity index is 239. The van der Waals surface area contributed by atoms with Crippen LogP contribution >= 0.6 is 0 Å². The fraction of sp³-hybridized carbons (Fsp3) is 0.833. The van der Waals surface area contributed by atoms with Gasteiger partial charge in [-0.25, -0.2) is 9.59 Å². The van der Waals surface area contributed by atoms with E-state index in [2.05, 4.69) is 0 Å². The minimum Gasteiger partial charge on any atom is -0.423 e.